The number of aromatic nitrogens is 3. The zero-order valence-electron chi connectivity index (χ0n) is 18.3. The number of halogens is 3. The summed E-state index contributed by atoms with van der Waals surface area (Å²) < 4.78 is 47.7. The molecular formula is C23H23F3N4O3. The number of alkyl halides is 3. The molecule has 0 saturated carbocycles. The van der Waals surface area contributed by atoms with Crippen LogP contribution in [0.25, 0.3) is 17.1 Å². The number of rotatable bonds is 4. The highest BCUT2D eigenvalue weighted by Crippen LogP contribution is 2.28. The fraction of sp³-hybridized carbons (Fsp3) is 0.348. The van der Waals surface area contributed by atoms with E-state index < -0.39 is 18.1 Å². The molecule has 7 nitrogen and oxygen atoms in total. The van der Waals surface area contributed by atoms with Gasteiger partial charge < -0.3 is 14.8 Å². The van der Waals surface area contributed by atoms with Gasteiger partial charge in [0.1, 0.15) is 17.7 Å². The Morgan fingerprint density at radius 3 is 2.42 bits per heavy atom. The maximum atomic E-state index is 12.3. The van der Waals surface area contributed by atoms with Crippen molar-refractivity contribution in [3.63, 3.8) is 0 Å². The van der Waals surface area contributed by atoms with Crippen LogP contribution in [0, 0.1) is 0 Å². The van der Waals surface area contributed by atoms with Crippen molar-refractivity contribution in [3.05, 3.63) is 59.9 Å². The molecule has 174 valence electrons. The summed E-state index contributed by atoms with van der Waals surface area (Å²) in [5.41, 5.74) is 3.03. The number of alkyl carbamates (subject to hydrolysis) is 1. The van der Waals surface area contributed by atoms with Crippen LogP contribution in [0.4, 0.5) is 18.0 Å². The molecular weight excluding hydrogens is 437 g/mol. The van der Waals surface area contributed by atoms with Gasteiger partial charge in [-0.1, -0.05) is 12.1 Å². The van der Waals surface area contributed by atoms with Gasteiger partial charge in [0, 0.05) is 11.6 Å². The molecule has 1 aliphatic carbocycles. The maximum Gasteiger partial charge on any atom is 0.573 e. The zero-order valence-corrected chi connectivity index (χ0v) is 18.3. The molecule has 1 atom stereocenters. The van der Waals surface area contributed by atoms with Gasteiger partial charge in [0.15, 0.2) is 5.82 Å². The molecule has 1 aliphatic rings. The summed E-state index contributed by atoms with van der Waals surface area (Å²) in [5, 5.41) is 7.35. The molecule has 4 rings (SSSR count). The highest BCUT2D eigenvalue weighted by molar-refractivity contribution is 5.68. The largest absolute Gasteiger partial charge is 0.573 e. The summed E-state index contributed by atoms with van der Waals surface area (Å²) in [6.07, 6.45) is -2.30. The smallest absolute Gasteiger partial charge is 0.444 e. The number of nitrogens with one attached hydrogen (secondary N) is 1. The second-order valence-corrected chi connectivity index (χ2v) is 8.79. The van der Waals surface area contributed by atoms with Crippen LogP contribution in [0.3, 0.4) is 0 Å². The fourth-order valence-corrected chi connectivity index (χ4v) is 3.65. The number of hydrogen-bond acceptors (Lipinski definition) is 5. The fourth-order valence-electron chi connectivity index (χ4n) is 3.65. The van der Waals surface area contributed by atoms with E-state index in [4.69, 9.17) is 4.74 Å². The molecule has 0 spiro atoms. The number of benzene rings is 2. The standard InChI is InChI=1S/C23H23F3N4O3/c1-22(2,3)33-21(31)28-17-11-14-4-5-15(10-16(14)12-17)20-27-13-30(29-20)18-6-8-19(9-7-18)32-23(24,25)26/h4-10,13,17H,11-12H2,1-3H3,(H,28,31). The van der Waals surface area contributed by atoms with Crippen LogP contribution in [0.5, 0.6) is 5.75 Å². The second-order valence-electron chi connectivity index (χ2n) is 8.79. The Bertz CT molecular complexity index is 1150. The molecule has 1 unspecified atom stereocenters. The lowest BCUT2D eigenvalue weighted by Gasteiger charge is -2.21. The minimum absolute atomic E-state index is 0.0481. The van der Waals surface area contributed by atoms with Crippen molar-refractivity contribution in [1.82, 2.24) is 20.1 Å². The van der Waals surface area contributed by atoms with E-state index in [0.29, 0.717) is 24.4 Å². The van der Waals surface area contributed by atoms with Crippen LogP contribution in [-0.4, -0.2) is 38.9 Å². The lowest BCUT2D eigenvalue weighted by atomic mass is 10.1. The lowest BCUT2D eigenvalue weighted by molar-refractivity contribution is -0.274. The molecule has 3 aromatic rings. The Labute approximate surface area is 188 Å². The average molecular weight is 460 g/mol. The van der Waals surface area contributed by atoms with E-state index in [1.165, 1.54) is 35.3 Å². The van der Waals surface area contributed by atoms with Gasteiger partial charge in [-0.3, -0.25) is 0 Å². The van der Waals surface area contributed by atoms with Crippen molar-refractivity contribution in [1.29, 1.82) is 0 Å². The normalized spacial score (nSPS) is 15.8. The average Bonchev–Trinajstić information content (AvgIpc) is 3.31. The first-order valence-electron chi connectivity index (χ1n) is 10.3. The number of fused-ring (bicyclic) bond motifs is 1. The summed E-state index contributed by atoms with van der Waals surface area (Å²) in [7, 11) is 0. The third kappa shape index (κ3) is 5.82. The monoisotopic (exact) mass is 460 g/mol. The molecule has 0 radical (unpaired) electrons. The van der Waals surface area contributed by atoms with Gasteiger partial charge in [-0.15, -0.1) is 18.3 Å². The number of carbonyl (C=O) groups is 1. The quantitative estimate of drug-likeness (QED) is 0.604. The van der Waals surface area contributed by atoms with E-state index in [9.17, 15) is 18.0 Å². The molecule has 1 N–H and O–H groups in total. The Morgan fingerprint density at radius 2 is 1.76 bits per heavy atom. The summed E-state index contributed by atoms with van der Waals surface area (Å²) in [6.45, 7) is 5.46. The van der Waals surface area contributed by atoms with Crippen LogP contribution in [0.15, 0.2) is 48.8 Å². The van der Waals surface area contributed by atoms with Crippen molar-refractivity contribution in [3.8, 4) is 22.8 Å². The highest BCUT2D eigenvalue weighted by atomic mass is 19.4. The topological polar surface area (TPSA) is 78.3 Å². The second kappa shape index (κ2) is 8.42. The molecule has 1 amide bonds. The number of nitrogens with zero attached hydrogens (tertiary/aromatic N) is 3. The summed E-state index contributed by atoms with van der Waals surface area (Å²) >= 11 is 0. The van der Waals surface area contributed by atoms with E-state index >= 15 is 0 Å². The van der Waals surface area contributed by atoms with Crippen LogP contribution in [0.1, 0.15) is 31.9 Å². The summed E-state index contributed by atoms with van der Waals surface area (Å²) in [4.78, 5) is 16.4. The number of ether oxygens (including phenoxy) is 2. The van der Waals surface area contributed by atoms with Crippen LogP contribution in [0.2, 0.25) is 0 Å². The van der Waals surface area contributed by atoms with Gasteiger partial charge in [0.25, 0.3) is 0 Å². The van der Waals surface area contributed by atoms with E-state index in [1.54, 1.807) is 0 Å². The zero-order chi connectivity index (χ0) is 23.8. The molecule has 0 fully saturated rings. The summed E-state index contributed by atoms with van der Waals surface area (Å²) in [6, 6.07) is 11.2. The first-order chi connectivity index (χ1) is 15.4. The third-order valence-electron chi connectivity index (χ3n) is 4.94. The van der Waals surface area contributed by atoms with E-state index in [1.807, 2.05) is 39.0 Å². The molecule has 0 aliphatic heterocycles. The minimum Gasteiger partial charge on any atom is -0.444 e. The molecule has 0 saturated heterocycles. The van der Waals surface area contributed by atoms with Crippen LogP contribution >= 0.6 is 0 Å². The SMILES string of the molecule is CC(C)(C)OC(=O)NC1Cc2ccc(-c3ncn(-c4ccc(OC(F)(F)F)cc4)n3)cc2C1. The van der Waals surface area contributed by atoms with Crippen molar-refractivity contribution in [2.24, 2.45) is 0 Å². The first kappa shape index (κ1) is 22.6. The maximum absolute atomic E-state index is 12.3. The van der Waals surface area contributed by atoms with Crippen molar-refractivity contribution >= 4 is 6.09 Å². The third-order valence-corrected chi connectivity index (χ3v) is 4.94. The Balaban J connectivity index is 1.44. The molecule has 1 aromatic heterocycles. The van der Waals surface area contributed by atoms with Crippen LogP contribution in [-0.2, 0) is 17.6 Å². The minimum atomic E-state index is -4.74. The molecule has 1 heterocycles. The summed E-state index contributed by atoms with van der Waals surface area (Å²) in [5.74, 6) is 0.178. The number of amides is 1. The molecule has 33 heavy (non-hydrogen) atoms. The van der Waals surface area contributed by atoms with Crippen LogP contribution < -0.4 is 10.1 Å². The molecule has 10 heteroatoms. The lowest BCUT2D eigenvalue weighted by Crippen LogP contribution is -2.39. The van der Waals surface area contributed by atoms with E-state index in [-0.39, 0.29) is 11.8 Å². The van der Waals surface area contributed by atoms with Gasteiger partial charge in [-0.05, 0) is 75.1 Å². The molecule has 2 aromatic carbocycles. The van der Waals surface area contributed by atoms with Crippen molar-refractivity contribution in [2.75, 3.05) is 0 Å². The Hall–Kier alpha value is -3.56. The van der Waals surface area contributed by atoms with Gasteiger partial charge in [-0.25, -0.2) is 14.5 Å². The predicted octanol–water partition coefficient (Wildman–Crippen LogP) is 4.82. The Kier molecular flexibility index (Phi) is 5.77. The molecule has 0 bridgehead atoms. The predicted molar refractivity (Wildman–Crippen MR) is 114 cm³/mol. The van der Waals surface area contributed by atoms with Gasteiger partial charge in [0.05, 0.1) is 5.69 Å². The van der Waals surface area contributed by atoms with E-state index in [0.717, 1.165) is 16.7 Å². The first-order valence-corrected chi connectivity index (χ1v) is 10.3. The van der Waals surface area contributed by atoms with Crippen molar-refractivity contribution in [2.45, 2.75) is 51.6 Å². The highest BCUT2D eigenvalue weighted by Gasteiger charge is 2.31. The van der Waals surface area contributed by atoms with Gasteiger partial charge in [-0.2, -0.15) is 0 Å². The van der Waals surface area contributed by atoms with E-state index in [2.05, 4.69) is 20.1 Å². The number of carbonyl (C=O) groups excluding carboxylic acids is 1. The van der Waals surface area contributed by atoms with Gasteiger partial charge in [0.2, 0.25) is 0 Å². The van der Waals surface area contributed by atoms with Crippen molar-refractivity contribution < 1.29 is 27.4 Å². The van der Waals surface area contributed by atoms with Gasteiger partial charge >= 0.3 is 12.5 Å². The number of hydrogen-bond donors (Lipinski definition) is 1. The Morgan fingerprint density at radius 1 is 1.06 bits per heavy atom.